The van der Waals surface area contributed by atoms with Crippen LogP contribution in [0.25, 0.3) is 0 Å². The monoisotopic (exact) mass is 334 g/mol. The van der Waals surface area contributed by atoms with Crippen LogP contribution in [0.3, 0.4) is 0 Å². The highest BCUT2D eigenvalue weighted by Crippen LogP contribution is 2.19. The van der Waals surface area contributed by atoms with E-state index in [4.69, 9.17) is 0 Å². The molecule has 0 aromatic carbocycles. The summed E-state index contributed by atoms with van der Waals surface area (Å²) in [6, 6.07) is 0. The van der Waals surface area contributed by atoms with E-state index in [2.05, 4.69) is 9.84 Å². The van der Waals surface area contributed by atoms with Gasteiger partial charge in [-0.05, 0) is 22.6 Å². The van der Waals surface area contributed by atoms with Crippen molar-refractivity contribution >= 4 is 28.6 Å². The summed E-state index contributed by atoms with van der Waals surface area (Å²) in [5.41, 5.74) is -0.109. The van der Waals surface area contributed by atoms with Crippen LogP contribution >= 0.6 is 22.6 Å². The van der Waals surface area contributed by atoms with E-state index in [0.29, 0.717) is 8.25 Å². The van der Waals surface area contributed by atoms with Crippen LogP contribution in [0.4, 0.5) is 13.2 Å². The molecule has 0 aliphatic rings. The highest BCUT2D eigenvalue weighted by Gasteiger charge is 2.29. The first-order valence-corrected chi connectivity index (χ1v) is 4.79. The Labute approximate surface area is 96.5 Å². The van der Waals surface area contributed by atoms with E-state index in [0.717, 1.165) is 13.3 Å². The quantitative estimate of drug-likeness (QED) is 0.612. The zero-order valence-corrected chi connectivity index (χ0v) is 9.66. The van der Waals surface area contributed by atoms with Crippen molar-refractivity contribution in [2.45, 2.75) is 12.7 Å². The molecule has 0 atom stereocenters. The first kappa shape index (κ1) is 12.3. The normalized spacial score (nSPS) is 11.5. The Balaban J connectivity index is 2.91. The van der Waals surface area contributed by atoms with Crippen molar-refractivity contribution in [3.05, 3.63) is 15.5 Å². The van der Waals surface area contributed by atoms with Crippen LogP contribution in [0.2, 0.25) is 0 Å². The lowest BCUT2D eigenvalue weighted by molar-refractivity contribution is -0.142. The minimum atomic E-state index is -4.36. The van der Waals surface area contributed by atoms with Gasteiger partial charge < -0.3 is 4.74 Å². The summed E-state index contributed by atoms with van der Waals surface area (Å²) < 4.78 is 41.3. The average Bonchev–Trinajstić information content (AvgIpc) is 2.42. The number of carbonyl (C=O) groups is 1. The van der Waals surface area contributed by atoms with Gasteiger partial charge >= 0.3 is 12.1 Å². The number of halogens is 4. The molecule has 1 aromatic heterocycles. The van der Waals surface area contributed by atoms with E-state index >= 15 is 0 Å². The first-order valence-electron chi connectivity index (χ1n) is 3.71. The highest BCUT2D eigenvalue weighted by molar-refractivity contribution is 14.1. The van der Waals surface area contributed by atoms with Crippen molar-refractivity contribution in [2.24, 2.45) is 0 Å². The van der Waals surface area contributed by atoms with E-state index in [1.165, 1.54) is 0 Å². The number of rotatable bonds is 2. The lowest BCUT2D eigenvalue weighted by Gasteiger charge is -2.04. The summed E-state index contributed by atoms with van der Waals surface area (Å²) in [4.78, 5) is 11.0. The molecule has 0 unspecified atom stereocenters. The molecule has 84 valence electrons. The Kier molecular flexibility index (Phi) is 3.58. The smallest absolute Gasteiger partial charge is 0.408 e. The SMILES string of the molecule is COC(=O)c1nn(CC(F)(F)F)cc1I. The predicted octanol–water partition coefficient (Wildman–Crippen LogP) is 1.84. The summed E-state index contributed by atoms with van der Waals surface area (Å²) in [5, 5.41) is 3.48. The van der Waals surface area contributed by atoms with E-state index in [1.54, 1.807) is 22.6 Å². The van der Waals surface area contributed by atoms with Gasteiger partial charge in [0.15, 0.2) is 5.69 Å². The van der Waals surface area contributed by atoms with E-state index in [9.17, 15) is 18.0 Å². The van der Waals surface area contributed by atoms with Crippen molar-refractivity contribution in [3.8, 4) is 0 Å². The second-order valence-electron chi connectivity index (χ2n) is 2.63. The summed E-state index contributed by atoms with van der Waals surface area (Å²) in [6.45, 7) is -1.22. The Hall–Kier alpha value is -0.800. The van der Waals surface area contributed by atoms with Crippen LogP contribution < -0.4 is 0 Å². The van der Waals surface area contributed by atoms with Gasteiger partial charge in [-0.3, -0.25) is 4.68 Å². The second kappa shape index (κ2) is 4.37. The molecule has 15 heavy (non-hydrogen) atoms. The molecule has 0 radical (unpaired) electrons. The number of hydrogen-bond acceptors (Lipinski definition) is 3. The van der Waals surface area contributed by atoms with Crippen LogP contribution in [0.15, 0.2) is 6.20 Å². The minimum Gasteiger partial charge on any atom is -0.464 e. The molecule has 1 rings (SSSR count). The van der Waals surface area contributed by atoms with E-state index in [1.807, 2.05) is 0 Å². The zero-order valence-electron chi connectivity index (χ0n) is 7.51. The molecule has 1 heterocycles. The Morgan fingerprint density at radius 2 is 2.27 bits per heavy atom. The third-order valence-corrected chi connectivity index (χ3v) is 2.23. The van der Waals surface area contributed by atoms with Crippen molar-refractivity contribution in [1.82, 2.24) is 9.78 Å². The average molecular weight is 334 g/mol. The van der Waals surface area contributed by atoms with Gasteiger partial charge in [-0.2, -0.15) is 18.3 Å². The fraction of sp³-hybridized carbons (Fsp3) is 0.429. The number of carbonyl (C=O) groups excluding carboxylic acids is 1. The van der Waals surface area contributed by atoms with Gasteiger partial charge in [0, 0.05) is 6.20 Å². The van der Waals surface area contributed by atoms with Gasteiger partial charge in [-0.25, -0.2) is 4.79 Å². The summed E-state index contributed by atoms with van der Waals surface area (Å²) in [5.74, 6) is -0.750. The molecule has 0 amide bonds. The molecular formula is C7H6F3IN2O2. The standard InChI is InChI=1S/C7H6F3IN2O2/c1-15-6(14)5-4(11)2-13(12-5)3-7(8,9)10/h2H,3H2,1H3. The molecule has 0 aliphatic heterocycles. The topological polar surface area (TPSA) is 44.1 Å². The number of hydrogen-bond donors (Lipinski definition) is 0. The van der Waals surface area contributed by atoms with Gasteiger partial charge in [0.1, 0.15) is 6.54 Å². The third kappa shape index (κ3) is 3.36. The molecule has 0 saturated carbocycles. The molecule has 0 saturated heterocycles. The van der Waals surface area contributed by atoms with Crippen molar-refractivity contribution < 1.29 is 22.7 Å². The second-order valence-corrected chi connectivity index (χ2v) is 3.79. The lowest BCUT2D eigenvalue weighted by atomic mass is 10.4. The molecular weight excluding hydrogens is 328 g/mol. The number of methoxy groups -OCH3 is 1. The summed E-state index contributed by atoms with van der Waals surface area (Å²) >= 11 is 1.72. The number of alkyl halides is 3. The van der Waals surface area contributed by atoms with Crippen molar-refractivity contribution in [2.75, 3.05) is 7.11 Å². The van der Waals surface area contributed by atoms with Crippen molar-refractivity contribution in [1.29, 1.82) is 0 Å². The van der Waals surface area contributed by atoms with Gasteiger partial charge in [-0.15, -0.1) is 0 Å². The maximum atomic E-state index is 12.0. The Morgan fingerprint density at radius 3 is 2.73 bits per heavy atom. The maximum absolute atomic E-state index is 12.0. The van der Waals surface area contributed by atoms with Crippen LogP contribution in [0, 0.1) is 3.57 Å². The van der Waals surface area contributed by atoms with Crippen LogP contribution in [0.5, 0.6) is 0 Å². The molecule has 4 nitrogen and oxygen atoms in total. The molecule has 0 spiro atoms. The van der Waals surface area contributed by atoms with E-state index in [-0.39, 0.29) is 5.69 Å². The number of ether oxygens (including phenoxy) is 1. The largest absolute Gasteiger partial charge is 0.464 e. The predicted molar refractivity (Wildman–Crippen MR) is 52.3 cm³/mol. The van der Waals surface area contributed by atoms with Gasteiger partial charge in [0.25, 0.3) is 0 Å². The summed E-state index contributed by atoms with van der Waals surface area (Å²) in [6.07, 6.45) is -3.22. The third-order valence-electron chi connectivity index (χ3n) is 1.44. The fourth-order valence-corrected chi connectivity index (χ4v) is 1.55. The number of nitrogens with zero attached hydrogens (tertiary/aromatic N) is 2. The molecule has 8 heteroatoms. The number of aromatic nitrogens is 2. The Morgan fingerprint density at radius 1 is 1.67 bits per heavy atom. The first-order chi connectivity index (χ1) is 6.83. The van der Waals surface area contributed by atoms with Crippen LogP contribution in [-0.4, -0.2) is 29.0 Å². The van der Waals surface area contributed by atoms with Gasteiger partial charge in [0.2, 0.25) is 0 Å². The molecule has 0 fully saturated rings. The van der Waals surface area contributed by atoms with Gasteiger partial charge in [0.05, 0.1) is 10.7 Å². The van der Waals surface area contributed by atoms with Gasteiger partial charge in [-0.1, -0.05) is 0 Å². The summed E-state index contributed by atoms with van der Waals surface area (Å²) in [7, 11) is 1.14. The molecule has 0 aliphatic carbocycles. The molecule has 0 N–H and O–H groups in total. The number of esters is 1. The lowest BCUT2D eigenvalue weighted by Crippen LogP contribution is -2.18. The highest BCUT2D eigenvalue weighted by atomic mass is 127. The minimum absolute atomic E-state index is 0.109. The Bertz CT molecular complexity index is 375. The maximum Gasteiger partial charge on any atom is 0.408 e. The van der Waals surface area contributed by atoms with E-state index < -0.39 is 18.7 Å². The molecule has 1 aromatic rings. The van der Waals surface area contributed by atoms with Crippen LogP contribution in [-0.2, 0) is 11.3 Å². The molecule has 0 bridgehead atoms. The fourth-order valence-electron chi connectivity index (χ4n) is 0.897. The zero-order chi connectivity index (χ0) is 11.6. The van der Waals surface area contributed by atoms with Crippen molar-refractivity contribution in [3.63, 3.8) is 0 Å². The van der Waals surface area contributed by atoms with Crippen LogP contribution in [0.1, 0.15) is 10.5 Å².